The first-order chi connectivity index (χ1) is 11.9. The number of nitrogens with zero attached hydrogens (tertiary/aromatic N) is 4. The molecule has 25 heavy (non-hydrogen) atoms. The van der Waals surface area contributed by atoms with E-state index in [0.29, 0.717) is 16.5 Å². The SMILES string of the molecule is CSc1nnnn1-c1cccc(NS(=O)(=O)c2ccc(F)c(Cl)c2)c1. The molecule has 0 saturated heterocycles. The zero-order valence-corrected chi connectivity index (χ0v) is 15.1. The van der Waals surface area contributed by atoms with Crippen LogP contribution >= 0.6 is 23.4 Å². The number of sulfonamides is 1. The molecule has 1 N–H and O–H groups in total. The van der Waals surface area contributed by atoms with Crippen LogP contribution in [0.15, 0.2) is 52.5 Å². The summed E-state index contributed by atoms with van der Waals surface area (Å²) in [5.74, 6) is -0.689. The number of anilines is 1. The van der Waals surface area contributed by atoms with E-state index in [1.54, 1.807) is 24.3 Å². The standard InChI is InChI=1S/C14H11ClFN5O2S2/c1-24-14-17-19-20-21(14)10-4-2-3-9(7-10)18-25(22,23)11-5-6-13(16)12(15)8-11/h2-8,18H,1H3. The predicted octanol–water partition coefficient (Wildman–Crippen LogP) is 2.98. The van der Waals surface area contributed by atoms with Gasteiger partial charge in [-0.2, -0.15) is 4.68 Å². The van der Waals surface area contributed by atoms with Crippen molar-refractivity contribution in [3.05, 3.63) is 53.3 Å². The van der Waals surface area contributed by atoms with E-state index < -0.39 is 15.8 Å². The number of nitrogens with one attached hydrogen (secondary N) is 1. The summed E-state index contributed by atoms with van der Waals surface area (Å²) in [5, 5.41) is 11.6. The van der Waals surface area contributed by atoms with Gasteiger partial charge in [0.25, 0.3) is 10.0 Å². The maximum absolute atomic E-state index is 13.2. The highest BCUT2D eigenvalue weighted by atomic mass is 35.5. The molecule has 0 unspecified atom stereocenters. The van der Waals surface area contributed by atoms with Crippen LogP contribution in [-0.4, -0.2) is 34.9 Å². The van der Waals surface area contributed by atoms with Crippen molar-refractivity contribution in [1.82, 2.24) is 20.2 Å². The summed E-state index contributed by atoms with van der Waals surface area (Å²) in [6, 6.07) is 9.75. The molecule has 0 spiro atoms. The molecule has 7 nitrogen and oxygen atoms in total. The van der Waals surface area contributed by atoms with Crippen LogP contribution in [0.3, 0.4) is 0 Å². The Morgan fingerprint density at radius 2 is 2.04 bits per heavy atom. The smallest absolute Gasteiger partial charge is 0.261 e. The van der Waals surface area contributed by atoms with Gasteiger partial charge in [-0.15, -0.1) is 5.10 Å². The largest absolute Gasteiger partial charge is 0.280 e. The third-order valence-corrected chi connectivity index (χ3v) is 5.46. The summed E-state index contributed by atoms with van der Waals surface area (Å²) in [6.45, 7) is 0. The Bertz CT molecular complexity index is 1030. The summed E-state index contributed by atoms with van der Waals surface area (Å²) in [4.78, 5) is -0.142. The van der Waals surface area contributed by atoms with Crippen LogP contribution in [0, 0.1) is 5.82 Å². The highest BCUT2D eigenvalue weighted by Gasteiger charge is 2.17. The van der Waals surface area contributed by atoms with Crippen LogP contribution in [0.2, 0.25) is 5.02 Å². The average Bonchev–Trinajstić information content (AvgIpc) is 3.06. The normalized spacial score (nSPS) is 11.5. The minimum absolute atomic E-state index is 0.142. The number of thioether (sulfide) groups is 1. The van der Waals surface area contributed by atoms with Crippen LogP contribution in [0.1, 0.15) is 0 Å². The van der Waals surface area contributed by atoms with Crippen molar-refractivity contribution in [2.45, 2.75) is 10.1 Å². The molecule has 0 amide bonds. The lowest BCUT2D eigenvalue weighted by molar-refractivity contribution is 0.599. The van der Waals surface area contributed by atoms with Crippen molar-refractivity contribution < 1.29 is 12.8 Å². The zero-order valence-electron chi connectivity index (χ0n) is 12.7. The fourth-order valence-corrected chi connectivity index (χ4v) is 3.78. The van der Waals surface area contributed by atoms with Crippen LogP contribution in [0.5, 0.6) is 0 Å². The maximum atomic E-state index is 13.2. The number of halogens is 2. The van der Waals surface area contributed by atoms with Gasteiger partial charge in [0.2, 0.25) is 5.16 Å². The van der Waals surface area contributed by atoms with E-state index in [9.17, 15) is 12.8 Å². The van der Waals surface area contributed by atoms with Gasteiger partial charge in [0.15, 0.2) is 0 Å². The van der Waals surface area contributed by atoms with Gasteiger partial charge in [-0.3, -0.25) is 4.72 Å². The van der Waals surface area contributed by atoms with E-state index in [-0.39, 0.29) is 9.92 Å². The molecule has 3 rings (SSSR count). The highest BCUT2D eigenvalue weighted by molar-refractivity contribution is 7.98. The molecule has 0 fully saturated rings. The fourth-order valence-electron chi connectivity index (χ4n) is 2.03. The second kappa shape index (κ2) is 6.98. The molecule has 3 aromatic rings. The van der Waals surface area contributed by atoms with Crippen molar-refractivity contribution in [1.29, 1.82) is 0 Å². The summed E-state index contributed by atoms with van der Waals surface area (Å²) in [6.07, 6.45) is 1.83. The molecule has 0 aliphatic rings. The maximum Gasteiger partial charge on any atom is 0.261 e. The molecule has 11 heteroatoms. The molecule has 130 valence electrons. The minimum Gasteiger partial charge on any atom is -0.280 e. The van der Waals surface area contributed by atoms with Gasteiger partial charge in [-0.25, -0.2) is 12.8 Å². The van der Waals surface area contributed by atoms with Gasteiger partial charge in [0.1, 0.15) is 5.82 Å². The van der Waals surface area contributed by atoms with Crippen molar-refractivity contribution in [2.24, 2.45) is 0 Å². The summed E-state index contributed by atoms with van der Waals surface area (Å²) >= 11 is 7.01. The summed E-state index contributed by atoms with van der Waals surface area (Å²) in [7, 11) is -3.92. The second-order valence-electron chi connectivity index (χ2n) is 4.81. The van der Waals surface area contributed by atoms with E-state index >= 15 is 0 Å². The number of aromatic nitrogens is 4. The molecular weight excluding hydrogens is 389 g/mol. The van der Waals surface area contributed by atoms with E-state index in [2.05, 4.69) is 20.2 Å². The number of benzene rings is 2. The molecule has 0 radical (unpaired) electrons. The lowest BCUT2D eigenvalue weighted by atomic mass is 10.3. The minimum atomic E-state index is -3.92. The van der Waals surface area contributed by atoms with E-state index in [1.807, 2.05) is 6.26 Å². The molecule has 0 saturated carbocycles. The molecule has 0 bridgehead atoms. The Balaban J connectivity index is 1.92. The quantitative estimate of drug-likeness (QED) is 0.663. The van der Waals surface area contributed by atoms with Gasteiger partial charge in [-0.05, 0) is 53.1 Å². The Labute approximate surface area is 152 Å². The molecule has 2 aromatic carbocycles. The number of hydrogen-bond acceptors (Lipinski definition) is 6. The second-order valence-corrected chi connectivity index (χ2v) is 7.67. The van der Waals surface area contributed by atoms with Gasteiger partial charge < -0.3 is 0 Å². The molecule has 0 aliphatic heterocycles. The van der Waals surface area contributed by atoms with Crippen LogP contribution < -0.4 is 4.72 Å². The van der Waals surface area contributed by atoms with Crippen LogP contribution in [0.4, 0.5) is 10.1 Å². The van der Waals surface area contributed by atoms with Crippen LogP contribution in [0.25, 0.3) is 5.69 Å². The lowest BCUT2D eigenvalue weighted by Crippen LogP contribution is -2.13. The Hall–Kier alpha value is -2.17. The van der Waals surface area contributed by atoms with Gasteiger partial charge in [0, 0.05) is 0 Å². The number of rotatable bonds is 5. The lowest BCUT2D eigenvalue weighted by Gasteiger charge is -2.10. The van der Waals surface area contributed by atoms with Gasteiger partial charge >= 0.3 is 0 Å². The Kier molecular flexibility index (Phi) is 4.93. The van der Waals surface area contributed by atoms with E-state index in [4.69, 9.17) is 11.6 Å². The Morgan fingerprint density at radius 3 is 2.76 bits per heavy atom. The molecule has 0 atom stereocenters. The number of tetrazole rings is 1. The fraction of sp³-hybridized carbons (Fsp3) is 0.0714. The zero-order chi connectivity index (χ0) is 18.0. The summed E-state index contributed by atoms with van der Waals surface area (Å²) < 4.78 is 42.0. The average molecular weight is 400 g/mol. The molecule has 1 heterocycles. The first kappa shape index (κ1) is 17.6. The van der Waals surface area contributed by atoms with E-state index in [1.165, 1.54) is 16.4 Å². The molecule has 1 aromatic heterocycles. The van der Waals surface area contributed by atoms with E-state index in [0.717, 1.165) is 18.2 Å². The number of hydrogen-bond donors (Lipinski definition) is 1. The van der Waals surface area contributed by atoms with Gasteiger partial charge in [-0.1, -0.05) is 29.4 Å². The first-order valence-corrected chi connectivity index (χ1v) is 9.90. The van der Waals surface area contributed by atoms with Gasteiger partial charge in [0.05, 0.1) is 21.3 Å². The molecular formula is C14H11ClFN5O2S2. The van der Waals surface area contributed by atoms with Crippen molar-refractivity contribution in [3.8, 4) is 5.69 Å². The van der Waals surface area contributed by atoms with Crippen molar-refractivity contribution in [3.63, 3.8) is 0 Å². The van der Waals surface area contributed by atoms with Crippen molar-refractivity contribution >= 4 is 39.1 Å². The highest BCUT2D eigenvalue weighted by Crippen LogP contribution is 2.23. The Morgan fingerprint density at radius 1 is 1.24 bits per heavy atom. The third-order valence-electron chi connectivity index (χ3n) is 3.17. The molecule has 0 aliphatic carbocycles. The first-order valence-electron chi connectivity index (χ1n) is 6.81. The third kappa shape index (κ3) is 3.75. The van der Waals surface area contributed by atoms with Crippen LogP contribution in [-0.2, 0) is 10.0 Å². The predicted molar refractivity (Wildman–Crippen MR) is 93.2 cm³/mol. The summed E-state index contributed by atoms with van der Waals surface area (Å²) in [5.41, 5.74) is 0.896. The van der Waals surface area contributed by atoms with Crippen molar-refractivity contribution in [2.75, 3.05) is 11.0 Å². The topological polar surface area (TPSA) is 89.8 Å². The monoisotopic (exact) mass is 399 g/mol.